The lowest BCUT2D eigenvalue weighted by atomic mass is 9.94. The summed E-state index contributed by atoms with van der Waals surface area (Å²) in [5, 5.41) is 15.6. The number of non-ortho nitro benzene ring substituents is 1. The van der Waals surface area contributed by atoms with Crippen molar-refractivity contribution in [1.82, 2.24) is 0 Å². The molecule has 1 heterocycles. The minimum absolute atomic E-state index is 0.0268. The highest BCUT2D eigenvalue weighted by Crippen LogP contribution is 2.30. The fourth-order valence-corrected chi connectivity index (χ4v) is 3.65. The number of thiophene rings is 1. The molecule has 0 unspecified atom stereocenters. The molecule has 5 nitrogen and oxygen atoms in total. The summed E-state index contributed by atoms with van der Waals surface area (Å²) in [6.07, 6.45) is 4.27. The minimum Gasteiger partial charge on any atom is -0.321 e. The summed E-state index contributed by atoms with van der Waals surface area (Å²) in [5.41, 5.74) is 2.85. The predicted octanol–water partition coefficient (Wildman–Crippen LogP) is 3.79. The van der Waals surface area contributed by atoms with Crippen LogP contribution in [0.3, 0.4) is 0 Å². The third-order valence-electron chi connectivity index (χ3n) is 3.62. The summed E-state index contributed by atoms with van der Waals surface area (Å²) in [5.74, 6) is -0.177. The molecule has 3 rings (SSSR count). The van der Waals surface area contributed by atoms with Crippen molar-refractivity contribution in [1.29, 1.82) is 0 Å². The van der Waals surface area contributed by atoms with Crippen molar-refractivity contribution in [2.75, 3.05) is 5.32 Å². The first-order valence-corrected chi connectivity index (χ1v) is 7.68. The van der Waals surface area contributed by atoms with Crippen molar-refractivity contribution in [2.24, 2.45) is 0 Å². The molecular weight excluding hydrogens is 288 g/mol. The second kappa shape index (κ2) is 5.65. The number of anilines is 1. The van der Waals surface area contributed by atoms with Crippen molar-refractivity contribution in [3.63, 3.8) is 0 Å². The molecule has 1 aliphatic carbocycles. The minimum atomic E-state index is -0.470. The van der Waals surface area contributed by atoms with Crippen molar-refractivity contribution >= 4 is 28.6 Å². The van der Waals surface area contributed by atoms with Crippen molar-refractivity contribution < 1.29 is 9.72 Å². The van der Waals surface area contributed by atoms with E-state index in [9.17, 15) is 14.9 Å². The molecule has 0 fully saturated rings. The van der Waals surface area contributed by atoms with Gasteiger partial charge in [-0.15, -0.1) is 11.3 Å². The molecule has 0 aliphatic heterocycles. The van der Waals surface area contributed by atoms with Gasteiger partial charge in [-0.2, -0.15) is 0 Å². The molecule has 1 aromatic heterocycles. The molecule has 0 radical (unpaired) electrons. The van der Waals surface area contributed by atoms with Gasteiger partial charge in [-0.1, -0.05) is 6.07 Å². The van der Waals surface area contributed by atoms with E-state index in [0.717, 1.165) is 29.7 Å². The topological polar surface area (TPSA) is 72.2 Å². The molecule has 0 saturated heterocycles. The van der Waals surface area contributed by atoms with E-state index in [1.165, 1.54) is 35.5 Å². The first-order valence-electron chi connectivity index (χ1n) is 6.80. The number of rotatable bonds is 3. The van der Waals surface area contributed by atoms with E-state index < -0.39 is 4.92 Å². The van der Waals surface area contributed by atoms with Gasteiger partial charge in [0.05, 0.1) is 9.80 Å². The van der Waals surface area contributed by atoms with E-state index >= 15 is 0 Å². The van der Waals surface area contributed by atoms with Crippen LogP contribution in [0.2, 0.25) is 0 Å². The van der Waals surface area contributed by atoms with Gasteiger partial charge in [-0.3, -0.25) is 14.9 Å². The third-order valence-corrected chi connectivity index (χ3v) is 4.69. The number of nitro benzene ring substituents is 1. The van der Waals surface area contributed by atoms with E-state index in [1.807, 2.05) is 0 Å². The Morgan fingerprint density at radius 3 is 2.90 bits per heavy atom. The van der Waals surface area contributed by atoms with Gasteiger partial charge in [-0.05, 0) is 48.3 Å². The van der Waals surface area contributed by atoms with Crippen LogP contribution in [-0.2, 0) is 12.8 Å². The molecule has 1 aromatic carbocycles. The van der Waals surface area contributed by atoms with E-state index in [1.54, 1.807) is 12.1 Å². The molecular formula is C15H14N2O3S. The predicted molar refractivity (Wildman–Crippen MR) is 82.0 cm³/mol. The normalized spacial score (nSPS) is 13.5. The number of nitrogens with one attached hydrogen (secondary N) is 1. The van der Waals surface area contributed by atoms with Gasteiger partial charge in [-0.25, -0.2) is 0 Å². The Labute approximate surface area is 125 Å². The average molecular weight is 302 g/mol. The first-order chi connectivity index (χ1) is 10.1. The van der Waals surface area contributed by atoms with E-state index in [-0.39, 0.29) is 11.6 Å². The average Bonchev–Trinajstić information content (AvgIpc) is 2.91. The van der Waals surface area contributed by atoms with Crippen LogP contribution in [0.1, 0.15) is 33.6 Å². The Kier molecular flexibility index (Phi) is 3.70. The zero-order chi connectivity index (χ0) is 14.8. The summed E-state index contributed by atoms with van der Waals surface area (Å²) >= 11 is 1.46. The Hall–Kier alpha value is -2.21. The maximum atomic E-state index is 12.4. The molecule has 108 valence electrons. The summed E-state index contributed by atoms with van der Waals surface area (Å²) in [4.78, 5) is 23.4. The summed E-state index contributed by atoms with van der Waals surface area (Å²) in [6.45, 7) is 0. The van der Waals surface area contributed by atoms with Crippen molar-refractivity contribution in [3.05, 3.63) is 55.8 Å². The molecule has 0 bridgehead atoms. The Bertz CT molecular complexity index is 709. The lowest BCUT2D eigenvalue weighted by Gasteiger charge is -2.12. The molecule has 6 heteroatoms. The molecule has 0 saturated carbocycles. The monoisotopic (exact) mass is 302 g/mol. The van der Waals surface area contributed by atoms with Crippen molar-refractivity contribution in [3.8, 4) is 0 Å². The highest BCUT2D eigenvalue weighted by molar-refractivity contribution is 7.12. The lowest BCUT2D eigenvalue weighted by molar-refractivity contribution is -0.384. The van der Waals surface area contributed by atoms with Crippen LogP contribution in [-0.4, -0.2) is 10.8 Å². The molecule has 0 atom stereocenters. The summed E-state index contributed by atoms with van der Waals surface area (Å²) in [7, 11) is 0. The third kappa shape index (κ3) is 2.80. The van der Waals surface area contributed by atoms with E-state index in [0.29, 0.717) is 5.69 Å². The zero-order valence-corrected chi connectivity index (χ0v) is 12.1. The zero-order valence-electron chi connectivity index (χ0n) is 11.3. The number of amides is 1. The van der Waals surface area contributed by atoms with E-state index in [2.05, 4.69) is 10.7 Å². The number of fused-ring (bicyclic) bond motifs is 1. The smallest absolute Gasteiger partial charge is 0.271 e. The molecule has 1 aliphatic rings. The van der Waals surface area contributed by atoms with Crippen LogP contribution < -0.4 is 5.32 Å². The summed E-state index contributed by atoms with van der Waals surface area (Å²) < 4.78 is 0. The number of aryl methyl sites for hydroxylation is 1. The Balaban J connectivity index is 1.82. The van der Waals surface area contributed by atoms with Crippen LogP contribution in [0, 0.1) is 10.1 Å². The maximum Gasteiger partial charge on any atom is 0.271 e. The van der Waals surface area contributed by atoms with Gasteiger partial charge in [0, 0.05) is 17.8 Å². The number of hydrogen-bond acceptors (Lipinski definition) is 4. The van der Waals surface area contributed by atoms with Crippen LogP contribution in [0.25, 0.3) is 0 Å². The van der Waals surface area contributed by atoms with Gasteiger partial charge in [0.25, 0.3) is 11.6 Å². The second-order valence-electron chi connectivity index (χ2n) is 5.04. The Morgan fingerprint density at radius 2 is 2.10 bits per heavy atom. The molecule has 1 amide bonds. The van der Waals surface area contributed by atoms with Crippen LogP contribution in [0.4, 0.5) is 11.4 Å². The van der Waals surface area contributed by atoms with Crippen LogP contribution >= 0.6 is 11.3 Å². The molecule has 0 spiro atoms. The fourth-order valence-electron chi connectivity index (χ4n) is 2.59. The van der Waals surface area contributed by atoms with Gasteiger partial charge in [0.1, 0.15) is 0 Å². The Morgan fingerprint density at radius 1 is 1.29 bits per heavy atom. The SMILES string of the molecule is O=C(Nc1cccc([N+](=O)[O-])c1)c1scc2c1CCCC2. The van der Waals surface area contributed by atoms with Gasteiger partial charge >= 0.3 is 0 Å². The molecule has 21 heavy (non-hydrogen) atoms. The highest BCUT2D eigenvalue weighted by Gasteiger charge is 2.20. The standard InChI is InChI=1S/C15H14N2O3S/c18-15(14-13-7-2-1-4-10(13)9-21-14)16-11-5-3-6-12(8-11)17(19)20/h3,5-6,8-9H,1-2,4,7H2,(H,16,18). The number of carbonyl (C=O) groups excluding carboxylic acids is 1. The van der Waals surface area contributed by atoms with Crippen LogP contribution in [0.5, 0.6) is 0 Å². The fraction of sp³-hybridized carbons (Fsp3) is 0.267. The lowest BCUT2D eigenvalue weighted by Crippen LogP contribution is -2.14. The van der Waals surface area contributed by atoms with Crippen LogP contribution in [0.15, 0.2) is 29.6 Å². The van der Waals surface area contributed by atoms with Gasteiger partial charge < -0.3 is 5.32 Å². The number of carbonyl (C=O) groups is 1. The van der Waals surface area contributed by atoms with Gasteiger partial charge in [0.15, 0.2) is 0 Å². The number of benzene rings is 1. The molecule has 1 N–H and O–H groups in total. The largest absolute Gasteiger partial charge is 0.321 e. The first kappa shape index (κ1) is 13.8. The number of nitrogens with zero attached hydrogens (tertiary/aromatic N) is 1. The second-order valence-corrected chi connectivity index (χ2v) is 5.92. The maximum absolute atomic E-state index is 12.4. The molecule has 2 aromatic rings. The highest BCUT2D eigenvalue weighted by atomic mass is 32.1. The summed E-state index contributed by atoms with van der Waals surface area (Å²) in [6, 6.07) is 6.00. The quantitative estimate of drug-likeness (QED) is 0.692. The number of nitro groups is 1. The van der Waals surface area contributed by atoms with Crippen molar-refractivity contribution in [2.45, 2.75) is 25.7 Å². The van der Waals surface area contributed by atoms with Gasteiger partial charge in [0.2, 0.25) is 0 Å². The van der Waals surface area contributed by atoms with E-state index in [4.69, 9.17) is 0 Å². The number of hydrogen-bond donors (Lipinski definition) is 1.